The fourth-order valence-corrected chi connectivity index (χ4v) is 2.98. The zero-order chi connectivity index (χ0) is 19.6. The molecule has 0 amide bonds. The Labute approximate surface area is 168 Å². The number of aryl methyl sites for hydroxylation is 2. The Balaban J connectivity index is 2.00. The van der Waals surface area contributed by atoms with Crippen LogP contribution in [0.5, 0.6) is 11.6 Å². The minimum Gasteiger partial charge on any atom is -0.434 e. The van der Waals surface area contributed by atoms with Crippen molar-refractivity contribution in [1.82, 2.24) is 9.97 Å². The van der Waals surface area contributed by atoms with Crippen molar-refractivity contribution in [1.29, 1.82) is 0 Å². The highest BCUT2D eigenvalue weighted by Crippen LogP contribution is 2.37. The van der Waals surface area contributed by atoms with E-state index in [1.165, 1.54) is 6.33 Å². The smallest absolute Gasteiger partial charge is 0.373 e. The quantitative estimate of drug-likeness (QED) is 0.382. The number of halogens is 2. The number of nitro groups is 1. The van der Waals surface area contributed by atoms with Crippen LogP contribution in [0.15, 0.2) is 47.2 Å². The van der Waals surface area contributed by atoms with Gasteiger partial charge in [-0.3, -0.25) is 10.1 Å². The van der Waals surface area contributed by atoms with E-state index >= 15 is 0 Å². The normalized spacial score (nSPS) is 10.5. The first-order valence-electron chi connectivity index (χ1n) is 7.81. The molecule has 0 aliphatic carbocycles. The van der Waals surface area contributed by atoms with Crippen molar-refractivity contribution >= 4 is 44.7 Å². The average molecular weight is 450 g/mol. The number of anilines is 2. The van der Waals surface area contributed by atoms with E-state index < -0.39 is 4.92 Å². The van der Waals surface area contributed by atoms with Gasteiger partial charge in [-0.2, -0.15) is 4.98 Å². The summed E-state index contributed by atoms with van der Waals surface area (Å²) in [5.74, 6) is 0.281. The van der Waals surface area contributed by atoms with Crippen LogP contribution in [0.3, 0.4) is 0 Å². The van der Waals surface area contributed by atoms with Crippen molar-refractivity contribution in [2.45, 2.75) is 13.8 Å². The van der Waals surface area contributed by atoms with Gasteiger partial charge in [-0.1, -0.05) is 33.6 Å². The molecular formula is C18H14BrClN4O3. The minimum atomic E-state index is -0.578. The molecule has 0 atom stereocenters. The number of nitrogens with one attached hydrogen (secondary N) is 1. The van der Waals surface area contributed by atoms with E-state index in [0.29, 0.717) is 16.5 Å². The largest absolute Gasteiger partial charge is 0.434 e. The maximum Gasteiger partial charge on any atom is 0.373 e. The van der Waals surface area contributed by atoms with E-state index in [-0.39, 0.29) is 17.4 Å². The number of ether oxygens (including phenoxy) is 1. The lowest BCUT2D eigenvalue weighted by atomic mass is 10.1. The van der Waals surface area contributed by atoms with E-state index in [2.05, 4.69) is 31.2 Å². The monoisotopic (exact) mass is 448 g/mol. The second-order valence-electron chi connectivity index (χ2n) is 5.74. The second-order valence-corrected chi connectivity index (χ2v) is 7.04. The third-order valence-corrected chi connectivity index (χ3v) is 4.77. The Bertz CT molecular complexity index is 1010. The lowest BCUT2D eigenvalue weighted by molar-refractivity contribution is -0.385. The van der Waals surface area contributed by atoms with Crippen LogP contribution in [-0.4, -0.2) is 14.9 Å². The van der Waals surface area contributed by atoms with E-state index in [9.17, 15) is 10.1 Å². The van der Waals surface area contributed by atoms with Crippen LogP contribution in [-0.2, 0) is 0 Å². The van der Waals surface area contributed by atoms with Gasteiger partial charge in [0.05, 0.1) is 4.92 Å². The van der Waals surface area contributed by atoms with Crippen LogP contribution in [0.1, 0.15) is 11.1 Å². The number of aromatic nitrogens is 2. The summed E-state index contributed by atoms with van der Waals surface area (Å²) >= 11 is 9.52. The summed E-state index contributed by atoms with van der Waals surface area (Å²) in [5, 5.41) is 15.2. The lowest BCUT2D eigenvalue weighted by Crippen LogP contribution is -2.03. The fourth-order valence-electron chi connectivity index (χ4n) is 2.47. The van der Waals surface area contributed by atoms with Crippen molar-refractivity contribution in [3.63, 3.8) is 0 Å². The van der Waals surface area contributed by atoms with Gasteiger partial charge in [0.15, 0.2) is 0 Å². The summed E-state index contributed by atoms with van der Waals surface area (Å²) in [5.41, 5.74) is 1.88. The third-order valence-electron chi connectivity index (χ3n) is 3.68. The SMILES string of the molecule is Cc1cc(Oc2ncnc(Nc3cccc(Br)c3)c2[N+](=O)[O-])cc(C)c1Cl. The molecule has 0 saturated carbocycles. The first kappa shape index (κ1) is 19.1. The molecule has 0 saturated heterocycles. The van der Waals surface area contributed by atoms with Crippen LogP contribution in [0.25, 0.3) is 0 Å². The van der Waals surface area contributed by atoms with Crippen LogP contribution in [0.2, 0.25) is 5.02 Å². The van der Waals surface area contributed by atoms with Gasteiger partial charge in [-0.15, -0.1) is 0 Å². The molecule has 0 spiro atoms. The second kappa shape index (κ2) is 7.89. The molecule has 0 radical (unpaired) electrons. The van der Waals surface area contributed by atoms with Gasteiger partial charge in [0.2, 0.25) is 5.82 Å². The van der Waals surface area contributed by atoms with Gasteiger partial charge in [0.1, 0.15) is 12.1 Å². The van der Waals surface area contributed by atoms with Crippen LogP contribution in [0.4, 0.5) is 17.2 Å². The van der Waals surface area contributed by atoms with Gasteiger partial charge < -0.3 is 10.1 Å². The zero-order valence-corrected chi connectivity index (χ0v) is 16.7. The summed E-state index contributed by atoms with van der Waals surface area (Å²) < 4.78 is 6.52. The molecular weight excluding hydrogens is 436 g/mol. The third kappa shape index (κ3) is 4.35. The first-order valence-corrected chi connectivity index (χ1v) is 8.99. The van der Waals surface area contributed by atoms with Gasteiger partial charge in [-0.05, 0) is 55.3 Å². The molecule has 3 aromatic rings. The molecule has 9 heteroatoms. The first-order chi connectivity index (χ1) is 12.8. The number of rotatable bonds is 5. The van der Waals surface area contributed by atoms with Crippen LogP contribution in [0, 0.1) is 24.0 Å². The summed E-state index contributed by atoms with van der Waals surface area (Å²) in [6, 6.07) is 10.6. The number of hydrogen-bond donors (Lipinski definition) is 1. The van der Waals surface area contributed by atoms with Crippen LogP contribution < -0.4 is 10.1 Å². The number of nitrogens with zero attached hydrogens (tertiary/aromatic N) is 3. The highest BCUT2D eigenvalue weighted by molar-refractivity contribution is 9.10. The highest BCUT2D eigenvalue weighted by Gasteiger charge is 2.25. The fraction of sp³-hybridized carbons (Fsp3) is 0.111. The predicted octanol–water partition coefficient (Wildman–Crippen LogP) is 5.95. The van der Waals surface area contributed by atoms with E-state index in [1.807, 2.05) is 19.9 Å². The van der Waals surface area contributed by atoms with Gasteiger partial charge in [-0.25, -0.2) is 4.98 Å². The molecule has 1 N–H and O–H groups in total. The number of benzene rings is 2. The van der Waals surface area contributed by atoms with Crippen molar-refractivity contribution in [3.8, 4) is 11.6 Å². The standard InChI is InChI=1S/C18H14BrClN4O3/c1-10-6-14(7-11(2)15(10)20)27-18-16(24(25)26)17(21-9-22-18)23-13-5-3-4-12(19)8-13/h3-9H,1-2H3,(H,21,22,23). The van der Waals surface area contributed by atoms with Crippen molar-refractivity contribution < 1.29 is 9.66 Å². The van der Waals surface area contributed by atoms with Crippen molar-refractivity contribution in [3.05, 3.63) is 73.5 Å². The highest BCUT2D eigenvalue weighted by atomic mass is 79.9. The van der Waals surface area contributed by atoms with Gasteiger partial charge >= 0.3 is 11.6 Å². The Kier molecular flexibility index (Phi) is 5.57. The summed E-state index contributed by atoms with van der Waals surface area (Å²) in [4.78, 5) is 19.0. The molecule has 3 rings (SSSR count). The molecule has 2 aromatic carbocycles. The topological polar surface area (TPSA) is 90.2 Å². The molecule has 1 aromatic heterocycles. The predicted molar refractivity (Wildman–Crippen MR) is 107 cm³/mol. The van der Waals surface area contributed by atoms with Crippen molar-refractivity contribution in [2.75, 3.05) is 5.32 Å². The summed E-state index contributed by atoms with van der Waals surface area (Å²) in [7, 11) is 0. The maximum absolute atomic E-state index is 11.7. The minimum absolute atomic E-state index is 0.0329. The summed E-state index contributed by atoms with van der Waals surface area (Å²) in [6.07, 6.45) is 1.21. The van der Waals surface area contributed by atoms with E-state index in [4.69, 9.17) is 16.3 Å². The Morgan fingerprint density at radius 2 is 1.89 bits per heavy atom. The molecule has 0 aliphatic heterocycles. The molecule has 0 unspecified atom stereocenters. The Hall–Kier alpha value is -2.71. The molecule has 1 heterocycles. The van der Waals surface area contributed by atoms with E-state index in [0.717, 1.165) is 15.6 Å². The van der Waals surface area contributed by atoms with Gasteiger partial charge in [0, 0.05) is 15.2 Å². The molecule has 7 nitrogen and oxygen atoms in total. The Morgan fingerprint density at radius 1 is 1.19 bits per heavy atom. The zero-order valence-electron chi connectivity index (χ0n) is 14.4. The molecule has 0 fully saturated rings. The molecule has 0 aliphatic rings. The van der Waals surface area contributed by atoms with E-state index in [1.54, 1.807) is 30.3 Å². The lowest BCUT2D eigenvalue weighted by Gasteiger charge is -2.11. The van der Waals surface area contributed by atoms with Gasteiger partial charge in [0.25, 0.3) is 0 Å². The van der Waals surface area contributed by atoms with Crippen molar-refractivity contribution in [2.24, 2.45) is 0 Å². The summed E-state index contributed by atoms with van der Waals surface area (Å²) in [6.45, 7) is 3.66. The molecule has 138 valence electrons. The average Bonchev–Trinajstić information content (AvgIpc) is 2.59. The molecule has 0 bridgehead atoms. The maximum atomic E-state index is 11.7. The molecule has 27 heavy (non-hydrogen) atoms. The Morgan fingerprint density at radius 3 is 2.52 bits per heavy atom. The van der Waals surface area contributed by atoms with Crippen LogP contribution >= 0.6 is 27.5 Å². The number of hydrogen-bond acceptors (Lipinski definition) is 6.